The Morgan fingerprint density at radius 3 is 3.00 bits per heavy atom. The van der Waals surface area contributed by atoms with Crippen LogP contribution in [0.1, 0.15) is 4.88 Å². The van der Waals surface area contributed by atoms with E-state index in [9.17, 15) is 4.79 Å². The molecule has 0 radical (unpaired) electrons. The molecule has 0 saturated heterocycles. The van der Waals surface area contributed by atoms with E-state index >= 15 is 0 Å². The summed E-state index contributed by atoms with van der Waals surface area (Å²) >= 11 is 2.96. The minimum Gasteiger partial charge on any atom is -0.454 e. The van der Waals surface area contributed by atoms with Gasteiger partial charge in [-0.05, 0) is 35.7 Å². The molecule has 0 unspecified atom stereocenters. The van der Waals surface area contributed by atoms with Gasteiger partial charge in [-0.15, -0.1) is 22.7 Å². The van der Waals surface area contributed by atoms with Gasteiger partial charge in [-0.25, -0.2) is 4.98 Å². The maximum atomic E-state index is 11.9. The summed E-state index contributed by atoms with van der Waals surface area (Å²) < 4.78 is 10.7. The molecule has 1 aliphatic rings. The van der Waals surface area contributed by atoms with Gasteiger partial charge in [0.05, 0.1) is 5.69 Å². The number of anilines is 1. The number of benzene rings is 1. The van der Waals surface area contributed by atoms with Crippen molar-refractivity contribution >= 4 is 39.8 Å². The Morgan fingerprint density at radius 1 is 1.21 bits per heavy atom. The molecule has 0 fully saturated rings. The van der Waals surface area contributed by atoms with Crippen molar-refractivity contribution in [3.63, 3.8) is 0 Å². The highest BCUT2D eigenvalue weighted by atomic mass is 32.1. The van der Waals surface area contributed by atoms with E-state index in [1.54, 1.807) is 17.4 Å². The van der Waals surface area contributed by atoms with E-state index in [-0.39, 0.29) is 12.7 Å². The number of hydrogen-bond acceptors (Lipinski definition) is 6. The number of rotatable bonds is 4. The number of carbonyl (C=O) groups is 1. The quantitative estimate of drug-likeness (QED) is 0.710. The van der Waals surface area contributed by atoms with Crippen LogP contribution in [0.15, 0.2) is 47.2 Å². The molecular formula is C17H12N2O3S2. The Labute approximate surface area is 146 Å². The monoisotopic (exact) mass is 356 g/mol. The number of thiophene rings is 1. The number of carbonyl (C=O) groups excluding carboxylic acids is 1. The van der Waals surface area contributed by atoms with Crippen molar-refractivity contribution in [3.05, 3.63) is 52.0 Å². The summed E-state index contributed by atoms with van der Waals surface area (Å²) in [5.74, 6) is 1.25. The molecule has 7 heteroatoms. The zero-order valence-electron chi connectivity index (χ0n) is 12.4. The molecule has 3 aromatic rings. The third-order valence-electron chi connectivity index (χ3n) is 3.34. The zero-order chi connectivity index (χ0) is 16.4. The molecule has 1 N–H and O–H groups in total. The molecule has 0 saturated carbocycles. The summed E-state index contributed by atoms with van der Waals surface area (Å²) in [7, 11) is 0. The van der Waals surface area contributed by atoms with Crippen molar-refractivity contribution in [2.24, 2.45) is 0 Å². The van der Waals surface area contributed by atoms with Crippen LogP contribution < -0.4 is 14.8 Å². The summed E-state index contributed by atoms with van der Waals surface area (Å²) in [6, 6.07) is 9.57. The minimum atomic E-state index is -0.199. The number of thiazole rings is 1. The largest absolute Gasteiger partial charge is 0.454 e. The van der Waals surface area contributed by atoms with E-state index < -0.39 is 0 Å². The van der Waals surface area contributed by atoms with Gasteiger partial charge in [0.15, 0.2) is 16.6 Å². The average Bonchev–Trinajstić information content (AvgIpc) is 3.33. The zero-order valence-corrected chi connectivity index (χ0v) is 14.0. The molecular weight excluding hydrogens is 344 g/mol. The smallest absolute Gasteiger partial charge is 0.250 e. The standard InChI is InChI=1S/C17H12N2O3S2/c20-16(6-4-12-2-1-7-23-12)19-17-18-13(9-24-17)11-3-5-14-15(8-11)22-10-21-14/h1-9H,10H2,(H,18,19,20). The molecule has 1 aromatic carbocycles. The molecule has 0 spiro atoms. The molecule has 4 rings (SSSR count). The fourth-order valence-corrected chi connectivity index (χ4v) is 3.55. The number of nitrogens with one attached hydrogen (secondary N) is 1. The second-order valence-electron chi connectivity index (χ2n) is 4.94. The number of hydrogen-bond donors (Lipinski definition) is 1. The third-order valence-corrected chi connectivity index (χ3v) is 4.94. The van der Waals surface area contributed by atoms with Crippen LogP contribution in [-0.2, 0) is 4.79 Å². The van der Waals surface area contributed by atoms with Gasteiger partial charge < -0.3 is 9.47 Å². The summed E-state index contributed by atoms with van der Waals surface area (Å²) in [5.41, 5.74) is 1.71. The molecule has 0 aliphatic carbocycles. The van der Waals surface area contributed by atoms with Crippen LogP contribution in [0.4, 0.5) is 5.13 Å². The van der Waals surface area contributed by atoms with Gasteiger partial charge in [-0.1, -0.05) is 6.07 Å². The van der Waals surface area contributed by atoms with Crippen molar-refractivity contribution in [1.82, 2.24) is 4.98 Å². The van der Waals surface area contributed by atoms with Gasteiger partial charge in [-0.2, -0.15) is 0 Å². The van der Waals surface area contributed by atoms with Crippen LogP contribution in [0.3, 0.4) is 0 Å². The number of ether oxygens (including phenoxy) is 2. The van der Waals surface area contributed by atoms with Crippen molar-refractivity contribution in [1.29, 1.82) is 0 Å². The lowest BCUT2D eigenvalue weighted by Crippen LogP contribution is -2.07. The van der Waals surface area contributed by atoms with Gasteiger partial charge in [-0.3, -0.25) is 10.1 Å². The lowest BCUT2D eigenvalue weighted by molar-refractivity contribution is -0.111. The Bertz CT molecular complexity index is 900. The fraction of sp³-hybridized carbons (Fsp3) is 0.0588. The first-order chi connectivity index (χ1) is 11.8. The van der Waals surface area contributed by atoms with Gasteiger partial charge in [0.2, 0.25) is 12.7 Å². The van der Waals surface area contributed by atoms with Crippen molar-refractivity contribution < 1.29 is 14.3 Å². The first-order valence-electron chi connectivity index (χ1n) is 7.16. The Morgan fingerprint density at radius 2 is 2.12 bits per heavy atom. The van der Waals surface area contributed by atoms with E-state index in [0.29, 0.717) is 10.9 Å². The van der Waals surface area contributed by atoms with E-state index in [0.717, 1.165) is 21.9 Å². The van der Waals surface area contributed by atoms with Gasteiger partial charge in [0, 0.05) is 21.9 Å². The molecule has 1 aliphatic heterocycles. The van der Waals surface area contributed by atoms with Crippen molar-refractivity contribution in [2.45, 2.75) is 0 Å². The lowest BCUT2D eigenvalue weighted by Gasteiger charge is -1.99. The van der Waals surface area contributed by atoms with E-state index in [2.05, 4.69) is 10.3 Å². The second kappa shape index (κ2) is 6.46. The number of fused-ring (bicyclic) bond motifs is 1. The highest BCUT2D eigenvalue weighted by molar-refractivity contribution is 7.14. The van der Waals surface area contributed by atoms with Crippen LogP contribution >= 0.6 is 22.7 Å². The van der Waals surface area contributed by atoms with Crippen LogP contribution in [0.25, 0.3) is 17.3 Å². The summed E-state index contributed by atoms with van der Waals surface area (Å²) in [4.78, 5) is 17.4. The average molecular weight is 356 g/mol. The molecule has 2 aromatic heterocycles. The second-order valence-corrected chi connectivity index (χ2v) is 6.78. The first-order valence-corrected chi connectivity index (χ1v) is 8.92. The Kier molecular flexibility index (Phi) is 4.02. The van der Waals surface area contributed by atoms with Crippen LogP contribution in [-0.4, -0.2) is 17.7 Å². The molecule has 3 heterocycles. The predicted molar refractivity (Wildman–Crippen MR) is 95.7 cm³/mol. The third kappa shape index (κ3) is 3.17. The maximum Gasteiger partial charge on any atom is 0.250 e. The van der Waals surface area contributed by atoms with E-state index in [1.165, 1.54) is 17.4 Å². The van der Waals surface area contributed by atoms with Crippen LogP contribution in [0.5, 0.6) is 11.5 Å². The van der Waals surface area contributed by atoms with Gasteiger partial charge >= 0.3 is 0 Å². The summed E-state index contributed by atoms with van der Waals surface area (Å²) in [6.45, 7) is 0.244. The molecule has 24 heavy (non-hydrogen) atoms. The summed E-state index contributed by atoms with van der Waals surface area (Å²) in [5, 5.41) is 7.20. The molecule has 0 bridgehead atoms. The van der Waals surface area contributed by atoms with Crippen molar-refractivity contribution in [2.75, 3.05) is 12.1 Å². The minimum absolute atomic E-state index is 0.199. The highest BCUT2D eigenvalue weighted by Gasteiger charge is 2.15. The number of amides is 1. The molecule has 1 amide bonds. The van der Waals surface area contributed by atoms with Crippen molar-refractivity contribution in [3.8, 4) is 22.8 Å². The number of nitrogens with zero attached hydrogens (tertiary/aromatic N) is 1. The SMILES string of the molecule is O=C(C=Cc1cccs1)Nc1nc(-c2ccc3c(c2)OCO3)cs1. The van der Waals surface area contributed by atoms with Gasteiger partial charge in [0.25, 0.3) is 0 Å². The fourth-order valence-electron chi connectivity index (χ4n) is 2.21. The normalized spacial score (nSPS) is 12.7. The summed E-state index contributed by atoms with van der Waals surface area (Å²) in [6.07, 6.45) is 3.29. The van der Waals surface area contributed by atoms with E-state index in [1.807, 2.05) is 41.1 Å². The lowest BCUT2D eigenvalue weighted by atomic mass is 10.1. The van der Waals surface area contributed by atoms with Gasteiger partial charge in [0.1, 0.15) is 0 Å². The highest BCUT2D eigenvalue weighted by Crippen LogP contribution is 2.36. The number of aromatic nitrogens is 1. The maximum absolute atomic E-state index is 11.9. The van der Waals surface area contributed by atoms with E-state index in [4.69, 9.17) is 9.47 Å². The molecule has 0 atom stereocenters. The Hall–Kier alpha value is -2.64. The topological polar surface area (TPSA) is 60.5 Å². The van der Waals surface area contributed by atoms with Crippen LogP contribution in [0.2, 0.25) is 0 Å². The first kappa shape index (κ1) is 14.9. The molecule has 120 valence electrons. The predicted octanol–water partition coefficient (Wildman–Crippen LogP) is 4.25. The Balaban J connectivity index is 1.46. The molecule has 5 nitrogen and oxygen atoms in total. The van der Waals surface area contributed by atoms with Crippen LogP contribution in [0, 0.1) is 0 Å².